The van der Waals surface area contributed by atoms with Gasteiger partial charge in [-0.1, -0.05) is 37.8 Å². The lowest BCUT2D eigenvalue weighted by molar-refractivity contribution is -0.146. The molecule has 1 N–H and O–H groups in total. The maximum Gasteiger partial charge on any atom is 0.377 e. The van der Waals surface area contributed by atoms with Crippen molar-refractivity contribution in [2.75, 3.05) is 0 Å². The Morgan fingerprint density at radius 2 is 1.93 bits per heavy atom. The maximum absolute atomic E-state index is 11.2. The van der Waals surface area contributed by atoms with Gasteiger partial charge in [0.05, 0.1) is 0 Å². The van der Waals surface area contributed by atoms with Crippen molar-refractivity contribution in [1.29, 1.82) is 0 Å². The highest BCUT2D eigenvalue weighted by atomic mass is 16.4. The van der Waals surface area contributed by atoms with Crippen molar-refractivity contribution >= 4 is 17.3 Å². The van der Waals surface area contributed by atoms with E-state index in [1.807, 2.05) is 19.1 Å². The van der Waals surface area contributed by atoms with E-state index in [4.69, 9.17) is 5.11 Å². The van der Waals surface area contributed by atoms with Gasteiger partial charge in [0.1, 0.15) is 0 Å². The Morgan fingerprint density at radius 1 is 1.33 bits per heavy atom. The fraction of sp³-hybridized carbons (Fsp3) is 0.167. The summed E-state index contributed by atoms with van der Waals surface area (Å²) in [6.45, 7) is 5.47. The minimum atomic E-state index is -1.47. The summed E-state index contributed by atoms with van der Waals surface area (Å²) in [5.74, 6) is -2.41. The topological polar surface area (TPSA) is 54.4 Å². The molecule has 3 nitrogen and oxygen atoms in total. The molecule has 1 aromatic carbocycles. The molecule has 78 valence electrons. The number of rotatable bonds is 4. The van der Waals surface area contributed by atoms with Crippen LogP contribution in [0.4, 0.5) is 0 Å². The zero-order chi connectivity index (χ0) is 11.4. The SMILES string of the molecule is C=C(C(=O)C(=O)O)c1ccccc1CC. The highest BCUT2D eigenvalue weighted by Crippen LogP contribution is 2.19. The number of carboxylic acids is 1. The minimum absolute atomic E-state index is 0.0416. The van der Waals surface area contributed by atoms with Crippen LogP contribution in [-0.2, 0) is 16.0 Å². The molecule has 3 heteroatoms. The number of benzene rings is 1. The number of aryl methyl sites for hydroxylation is 1. The normalized spacial score (nSPS) is 9.67. The molecule has 0 aliphatic heterocycles. The molecule has 0 saturated heterocycles. The first-order valence-corrected chi connectivity index (χ1v) is 4.62. The second kappa shape index (κ2) is 4.55. The van der Waals surface area contributed by atoms with Crippen LogP contribution in [0.3, 0.4) is 0 Å². The second-order valence-electron chi connectivity index (χ2n) is 3.12. The molecule has 0 unspecified atom stereocenters. The van der Waals surface area contributed by atoms with Gasteiger partial charge in [0.15, 0.2) is 0 Å². The van der Waals surface area contributed by atoms with Gasteiger partial charge in [-0.05, 0) is 17.5 Å². The van der Waals surface area contributed by atoms with Crippen molar-refractivity contribution in [2.24, 2.45) is 0 Å². The van der Waals surface area contributed by atoms with Crippen molar-refractivity contribution < 1.29 is 14.7 Å². The molecule has 0 bridgehead atoms. The van der Waals surface area contributed by atoms with E-state index in [0.717, 1.165) is 12.0 Å². The van der Waals surface area contributed by atoms with Crippen LogP contribution in [0.2, 0.25) is 0 Å². The number of Topliss-reactive ketones (excluding diaryl/α,β-unsaturated/α-hetero) is 1. The van der Waals surface area contributed by atoms with Crippen molar-refractivity contribution in [3.05, 3.63) is 42.0 Å². The zero-order valence-corrected chi connectivity index (χ0v) is 8.49. The summed E-state index contributed by atoms with van der Waals surface area (Å²) in [5.41, 5.74) is 1.59. The Bertz CT molecular complexity index is 419. The third-order valence-electron chi connectivity index (χ3n) is 2.19. The fourth-order valence-electron chi connectivity index (χ4n) is 1.37. The fourth-order valence-corrected chi connectivity index (χ4v) is 1.37. The predicted octanol–water partition coefficient (Wildman–Crippen LogP) is 1.92. The minimum Gasteiger partial charge on any atom is -0.475 e. The number of aliphatic carboxylic acids is 1. The van der Waals surface area contributed by atoms with Crippen molar-refractivity contribution in [1.82, 2.24) is 0 Å². The molecule has 0 amide bonds. The Labute approximate surface area is 88.0 Å². The van der Waals surface area contributed by atoms with E-state index in [1.165, 1.54) is 0 Å². The van der Waals surface area contributed by atoms with Gasteiger partial charge in [-0.15, -0.1) is 0 Å². The van der Waals surface area contributed by atoms with E-state index in [9.17, 15) is 9.59 Å². The van der Waals surface area contributed by atoms with Crippen LogP contribution >= 0.6 is 0 Å². The summed E-state index contributed by atoms with van der Waals surface area (Å²) in [7, 11) is 0. The van der Waals surface area contributed by atoms with E-state index in [2.05, 4.69) is 6.58 Å². The van der Waals surface area contributed by atoms with Gasteiger partial charge in [0, 0.05) is 5.57 Å². The summed E-state index contributed by atoms with van der Waals surface area (Å²) in [6.07, 6.45) is 0.738. The second-order valence-corrected chi connectivity index (χ2v) is 3.12. The van der Waals surface area contributed by atoms with Crippen molar-refractivity contribution in [3.8, 4) is 0 Å². The number of hydrogen-bond donors (Lipinski definition) is 1. The van der Waals surface area contributed by atoms with Gasteiger partial charge in [-0.25, -0.2) is 4.79 Å². The molecule has 0 atom stereocenters. The van der Waals surface area contributed by atoms with Crippen LogP contribution in [0.25, 0.3) is 5.57 Å². The van der Waals surface area contributed by atoms with Gasteiger partial charge in [0.25, 0.3) is 5.78 Å². The van der Waals surface area contributed by atoms with Crippen LogP contribution in [-0.4, -0.2) is 16.9 Å². The van der Waals surface area contributed by atoms with E-state index in [1.54, 1.807) is 12.1 Å². The summed E-state index contributed by atoms with van der Waals surface area (Å²) in [5, 5.41) is 8.57. The maximum atomic E-state index is 11.2. The first kappa shape index (κ1) is 11.2. The van der Waals surface area contributed by atoms with Crippen molar-refractivity contribution in [3.63, 3.8) is 0 Å². The predicted molar refractivity (Wildman–Crippen MR) is 57.5 cm³/mol. The molecule has 0 heterocycles. The summed E-state index contributed by atoms with van der Waals surface area (Å²) >= 11 is 0. The number of carbonyl (C=O) groups excluding carboxylic acids is 1. The van der Waals surface area contributed by atoms with Crippen LogP contribution in [0.15, 0.2) is 30.8 Å². The Hall–Kier alpha value is -1.90. The summed E-state index contributed by atoms with van der Waals surface area (Å²) < 4.78 is 0. The number of hydrogen-bond acceptors (Lipinski definition) is 2. The van der Waals surface area contributed by atoms with Gasteiger partial charge < -0.3 is 5.11 Å². The average Bonchev–Trinajstić information content (AvgIpc) is 2.26. The van der Waals surface area contributed by atoms with E-state index >= 15 is 0 Å². The Morgan fingerprint density at radius 3 is 2.47 bits per heavy atom. The molecule has 0 aliphatic carbocycles. The number of carboxylic acid groups (broad SMARTS) is 1. The molecule has 0 saturated carbocycles. The Kier molecular flexibility index (Phi) is 3.39. The zero-order valence-electron chi connectivity index (χ0n) is 8.49. The number of carbonyl (C=O) groups is 2. The summed E-state index contributed by atoms with van der Waals surface area (Å²) in [6, 6.07) is 7.17. The monoisotopic (exact) mass is 204 g/mol. The Balaban J connectivity index is 3.11. The number of ketones is 1. The molecule has 0 aliphatic rings. The van der Waals surface area contributed by atoms with Crippen LogP contribution in [0, 0.1) is 0 Å². The quantitative estimate of drug-likeness (QED) is 0.602. The standard InChI is InChI=1S/C12H12O3/c1-3-9-6-4-5-7-10(9)8(2)11(13)12(14)15/h4-7H,2-3H2,1H3,(H,14,15). The summed E-state index contributed by atoms with van der Waals surface area (Å²) in [4.78, 5) is 21.7. The molecule has 1 rings (SSSR count). The molecular formula is C12H12O3. The van der Waals surface area contributed by atoms with Gasteiger partial charge >= 0.3 is 5.97 Å². The average molecular weight is 204 g/mol. The smallest absolute Gasteiger partial charge is 0.377 e. The van der Waals surface area contributed by atoms with Crippen LogP contribution < -0.4 is 0 Å². The molecule has 0 aromatic heterocycles. The van der Waals surface area contributed by atoms with Crippen LogP contribution in [0.5, 0.6) is 0 Å². The van der Waals surface area contributed by atoms with Crippen molar-refractivity contribution in [2.45, 2.75) is 13.3 Å². The lowest BCUT2D eigenvalue weighted by atomic mass is 9.96. The lowest BCUT2D eigenvalue weighted by Gasteiger charge is -2.07. The first-order chi connectivity index (χ1) is 7.07. The molecule has 0 fully saturated rings. The van der Waals surface area contributed by atoms with Gasteiger partial charge in [-0.2, -0.15) is 0 Å². The van der Waals surface area contributed by atoms with Crippen LogP contribution in [0.1, 0.15) is 18.1 Å². The van der Waals surface area contributed by atoms with Gasteiger partial charge in [-0.3, -0.25) is 4.79 Å². The van der Waals surface area contributed by atoms with E-state index < -0.39 is 11.8 Å². The molecular weight excluding hydrogens is 192 g/mol. The largest absolute Gasteiger partial charge is 0.475 e. The third-order valence-corrected chi connectivity index (χ3v) is 2.19. The molecule has 15 heavy (non-hydrogen) atoms. The van der Waals surface area contributed by atoms with Gasteiger partial charge in [0.2, 0.25) is 0 Å². The van der Waals surface area contributed by atoms with E-state index in [-0.39, 0.29) is 5.57 Å². The first-order valence-electron chi connectivity index (χ1n) is 4.62. The highest BCUT2D eigenvalue weighted by molar-refractivity contribution is 6.50. The van der Waals surface area contributed by atoms with E-state index in [0.29, 0.717) is 5.56 Å². The molecule has 1 aromatic rings. The molecule has 0 spiro atoms. The lowest BCUT2D eigenvalue weighted by Crippen LogP contribution is -2.14. The highest BCUT2D eigenvalue weighted by Gasteiger charge is 2.18. The molecule has 0 radical (unpaired) electrons. The third kappa shape index (κ3) is 2.31.